The molecule has 3 nitrogen and oxygen atoms in total. The number of halogens is 2. The Morgan fingerprint density at radius 2 is 1.87 bits per heavy atom. The van der Waals surface area contributed by atoms with E-state index in [0.717, 1.165) is 0 Å². The molecule has 0 saturated carbocycles. The third kappa shape index (κ3) is 2.22. The first kappa shape index (κ1) is 9.86. The Bertz CT molecular complexity index is 432. The summed E-state index contributed by atoms with van der Waals surface area (Å²) < 4.78 is 13.1. The Balaban J connectivity index is 2.30. The summed E-state index contributed by atoms with van der Waals surface area (Å²) in [7, 11) is 0. The molecule has 0 amide bonds. The van der Waals surface area contributed by atoms with Crippen LogP contribution in [0.25, 0.3) is 0 Å². The van der Waals surface area contributed by atoms with Gasteiger partial charge in [-0.25, -0.2) is 9.97 Å². The predicted octanol–water partition coefficient (Wildman–Crippen LogP) is 3.01. The molecule has 0 atom stereocenters. The lowest BCUT2D eigenvalue weighted by molar-refractivity contribution is 0.582. The highest BCUT2D eigenvalue weighted by molar-refractivity contribution is 6.33. The number of hydrogen-bond donors (Lipinski definition) is 1. The Morgan fingerprint density at radius 3 is 2.60 bits per heavy atom. The molecule has 0 spiro atoms. The van der Waals surface area contributed by atoms with Crippen LogP contribution >= 0.6 is 11.6 Å². The van der Waals surface area contributed by atoms with Gasteiger partial charge in [0.05, 0.1) is 10.7 Å². The normalized spacial score (nSPS) is 10.0. The molecule has 0 aliphatic rings. The van der Waals surface area contributed by atoms with Gasteiger partial charge >= 0.3 is 0 Å². The van der Waals surface area contributed by atoms with Crippen LogP contribution in [-0.2, 0) is 0 Å². The first-order valence-corrected chi connectivity index (χ1v) is 4.63. The molecular formula is C10H7ClFN3. The van der Waals surface area contributed by atoms with Crippen LogP contribution in [0.2, 0.25) is 5.02 Å². The minimum absolute atomic E-state index is 0.0607. The van der Waals surface area contributed by atoms with Gasteiger partial charge in [-0.3, -0.25) is 0 Å². The van der Waals surface area contributed by atoms with E-state index < -0.39 is 5.95 Å². The fourth-order valence-electron chi connectivity index (χ4n) is 1.10. The highest BCUT2D eigenvalue weighted by atomic mass is 35.5. The molecule has 1 heterocycles. The standard InChI is InChI=1S/C10H7ClFN3/c11-7-3-1-2-4-8(7)15-10-9(12)13-5-6-14-10/h1-6H,(H,14,15). The molecule has 1 N–H and O–H groups in total. The molecular weight excluding hydrogens is 217 g/mol. The molecule has 0 aliphatic heterocycles. The van der Waals surface area contributed by atoms with Crippen molar-refractivity contribution in [1.29, 1.82) is 0 Å². The van der Waals surface area contributed by atoms with Crippen molar-refractivity contribution in [3.05, 3.63) is 47.6 Å². The van der Waals surface area contributed by atoms with Crippen LogP contribution in [0, 0.1) is 5.95 Å². The number of hydrogen-bond acceptors (Lipinski definition) is 3. The highest BCUT2D eigenvalue weighted by Gasteiger charge is 2.05. The summed E-state index contributed by atoms with van der Waals surface area (Å²) in [5.41, 5.74) is 0.596. The molecule has 15 heavy (non-hydrogen) atoms. The first-order valence-electron chi connectivity index (χ1n) is 4.25. The van der Waals surface area contributed by atoms with Gasteiger partial charge in [0.1, 0.15) is 0 Å². The lowest BCUT2D eigenvalue weighted by Gasteiger charge is -2.06. The smallest absolute Gasteiger partial charge is 0.255 e. The van der Waals surface area contributed by atoms with E-state index in [1.54, 1.807) is 24.3 Å². The van der Waals surface area contributed by atoms with E-state index in [9.17, 15) is 4.39 Å². The molecule has 0 bridgehead atoms. The zero-order valence-electron chi connectivity index (χ0n) is 7.61. The first-order chi connectivity index (χ1) is 7.27. The fourth-order valence-corrected chi connectivity index (χ4v) is 1.28. The van der Waals surface area contributed by atoms with E-state index in [2.05, 4.69) is 15.3 Å². The van der Waals surface area contributed by atoms with E-state index in [0.29, 0.717) is 10.7 Å². The van der Waals surface area contributed by atoms with Gasteiger partial charge < -0.3 is 5.32 Å². The zero-order chi connectivity index (χ0) is 10.7. The highest BCUT2D eigenvalue weighted by Crippen LogP contribution is 2.24. The number of nitrogens with zero attached hydrogens (tertiary/aromatic N) is 2. The van der Waals surface area contributed by atoms with E-state index >= 15 is 0 Å². The topological polar surface area (TPSA) is 37.8 Å². The van der Waals surface area contributed by atoms with Crippen LogP contribution in [0.5, 0.6) is 0 Å². The van der Waals surface area contributed by atoms with E-state index in [1.807, 2.05) is 0 Å². The van der Waals surface area contributed by atoms with Crippen molar-refractivity contribution >= 4 is 23.1 Å². The number of rotatable bonds is 2. The molecule has 1 aromatic heterocycles. The Hall–Kier alpha value is -1.68. The van der Waals surface area contributed by atoms with Crippen molar-refractivity contribution in [3.63, 3.8) is 0 Å². The van der Waals surface area contributed by atoms with Crippen molar-refractivity contribution in [3.8, 4) is 0 Å². The van der Waals surface area contributed by atoms with Gasteiger partial charge in [0.25, 0.3) is 5.95 Å². The van der Waals surface area contributed by atoms with E-state index in [1.165, 1.54) is 12.4 Å². The van der Waals surface area contributed by atoms with Gasteiger partial charge in [-0.05, 0) is 12.1 Å². The largest absolute Gasteiger partial charge is 0.335 e. The molecule has 0 fully saturated rings. The van der Waals surface area contributed by atoms with E-state index in [-0.39, 0.29) is 5.82 Å². The summed E-state index contributed by atoms with van der Waals surface area (Å²) in [4.78, 5) is 7.28. The second-order valence-corrected chi connectivity index (χ2v) is 3.21. The van der Waals surface area contributed by atoms with Gasteiger partial charge in [0.2, 0.25) is 0 Å². The van der Waals surface area contributed by atoms with Crippen molar-refractivity contribution in [1.82, 2.24) is 9.97 Å². The minimum atomic E-state index is -0.655. The Labute approximate surface area is 90.9 Å². The fraction of sp³-hybridized carbons (Fsp3) is 0. The molecule has 2 aromatic rings. The number of aromatic nitrogens is 2. The molecule has 1 aromatic carbocycles. The van der Waals surface area contributed by atoms with Crippen molar-refractivity contribution in [2.75, 3.05) is 5.32 Å². The van der Waals surface area contributed by atoms with Crippen molar-refractivity contribution in [2.45, 2.75) is 0 Å². The minimum Gasteiger partial charge on any atom is -0.335 e. The number of benzene rings is 1. The summed E-state index contributed by atoms with van der Waals surface area (Å²) in [6.45, 7) is 0. The molecule has 76 valence electrons. The number of para-hydroxylation sites is 1. The monoisotopic (exact) mass is 223 g/mol. The van der Waals surface area contributed by atoms with Crippen LogP contribution in [0.1, 0.15) is 0 Å². The molecule has 0 unspecified atom stereocenters. The molecule has 5 heteroatoms. The zero-order valence-corrected chi connectivity index (χ0v) is 8.37. The van der Waals surface area contributed by atoms with Crippen LogP contribution < -0.4 is 5.32 Å². The molecule has 0 aliphatic carbocycles. The lowest BCUT2D eigenvalue weighted by Crippen LogP contribution is -1.98. The Kier molecular flexibility index (Phi) is 2.78. The predicted molar refractivity (Wildman–Crippen MR) is 56.7 cm³/mol. The summed E-state index contributed by atoms with van der Waals surface area (Å²) >= 11 is 5.89. The maximum atomic E-state index is 13.1. The van der Waals surface area contributed by atoms with Gasteiger partial charge in [0.15, 0.2) is 5.82 Å². The molecule has 0 saturated heterocycles. The maximum absolute atomic E-state index is 13.1. The van der Waals surface area contributed by atoms with Gasteiger partial charge in [-0.1, -0.05) is 23.7 Å². The Morgan fingerprint density at radius 1 is 1.13 bits per heavy atom. The number of nitrogens with one attached hydrogen (secondary N) is 1. The van der Waals surface area contributed by atoms with Crippen LogP contribution in [0.4, 0.5) is 15.9 Å². The number of anilines is 2. The van der Waals surface area contributed by atoms with Crippen molar-refractivity contribution < 1.29 is 4.39 Å². The summed E-state index contributed by atoms with van der Waals surface area (Å²) in [6.07, 6.45) is 2.69. The third-order valence-electron chi connectivity index (χ3n) is 1.78. The SMILES string of the molecule is Fc1nccnc1Nc1ccccc1Cl. The quantitative estimate of drug-likeness (QED) is 0.851. The van der Waals surface area contributed by atoms with Crippen molar-refractivity contribution in [2.24, 2.45) is 0 Å². The van der Waals surface area contributed by atoms with Gasteiger partial charge in [-0.15, -0.1) is 0 Å². The summed E-state index contributed by atoms with van der Waals surface area (Å²) in [5, 5.41) is 3.26. The van der Waals surface area contributed by atoms with Crippen LogP contribution in [0.15, 0.2) is 36.7 Å². The maximum Gasteiger partial charge on any atom is 0.255 e. The van der Waals surface area contributed by atoms with E-state index in [4.69, 9.17) is 11.6 Å². The second kappa shape index (κ2) is 4.23. The molecule has 2 rings (SSSR count). The summed E-state index contributed by atoms with van der Waals surface area (Å²) in [5.74, 6) is -0.594. The second-order valence-electron chi connectivity index (χ2n) is 2.80. The van der Waals surface area contributed by atoms with Gasteiger partial charge in [0, 0.05) is 12.4 Å². The average molecular weight is 224 g/mol. The third-order valence-corrected chi connectivity index (χ3v) is 2.11. The lowest BCUT2D eigenvalue weighted by atomic mass is 10.3. The summed E-state index contributed by atoms with van der Waals surface area (Å²) in [6, 6.07) is 7.03. The van der Waals surface area contributed by atoms with Crippen LogP contribution in [0.3, 0.4) is 0 Å². The van der Waals surface area contributed by atoms with Crippen LogP contribution in [-0.4, -0.2) is 9.97 Å². The average Bonchev–Trinajstić information content (AvgIpc) is 2.24. The van der Waals surface area contributed by atoms with Gasteiger partial charge in [-0.2, -0.15) is 4.39 Å². The molecule has 0 radical (unpaired) electrons.